The van der Waals surface area contributed by atoms with E-state index in [9.17, 15) is 4.79 Å². The molecule has 1 aromatic carbocycles. The van der Waals surface area contributed by atoms with E-state index in [0.29, 0.717) is 25.0 Å². The Labute approximate surface area is 121 Å². The molecule has 1 amide bonds. The van der Waals surface area contributed by atoms with Gasteiger partial charge in [0.05, 0.1) is 6.54 Å². The first-order valence-electron chi connectivity index (χ1n) is 7.37. The van der Waals surface area contributed by atoms with Gasteiger partial charge in [0.2, 0.25) is 5.91 Å². The Bertz CT molecular complexity index is 435. The van der Waals surface area contributed by atoms with Crippen molar-refractivity contribution >= 4 is 11.6 Å². The predicted octanol–water partition coefficient (Wildman–Crippen LogP) is 1.71. The minimum Gasteiger partial charge on any atom is -0.330 e. The Kier molecular flexibility index (Phi) is 5.15. The molecule has 1 aliphatic rings. The minimum atomic E-state index is 0.140. The van der Waals surface area contributed by atoms with Gasteiger partial charge in [-0.25, -0.2) is 0 Å². The molecular formula is C16H25N3O. The fourth-order valence-corrected chi connectivity index (χ4v) is 2.75. The summed E-state index contributed by atoms with van der Waals surface area (Å²) in [6, 6.07) is 10.2. The first-order valence-corrected chi connectivity index (χ1v) is 7.37. The van der Waals surface area contributed by atoms with Crippen LogP contribution in [0, 0.1) is 5.92 Å². The van der Waals surface area contributed by atoms with Crippen LogP contribution >= 0.6 is 0 Å². The van der Waals surface area contributed by atoms with Crippen molar-refractivity contribution in [1.82, 2.24) is 4.90 Å². The molecule has 1 aromatic rings. The van der Waals surface area contributed by atoms with E-state index in [0.717, 1.165) is 18.7 Å². The zero-order valence-electron chi connectivity index (χ0n) is 12.5. The number of carbonyl (C=O) groups excluding carboxylic acids is 1. The number of nitrogens with zero attached hydrogens (tertiary/aromatic N) is 2. The van der Waals surface area contributed by atoms with Crippen molar-refractivity contribution in [1.29, 1.82) is 0 Å². The van der Waals surface area contributed by atoms with Crippen LogP contribution in [0.15, 0.2) is 30.3 Å². The number of amides is 1. The molecule has 0 aliphatic carbocycles. The van der Waals surface area contributed by atoms with Crippen LogP contribution in [0.4, 0.5) is 5.69 Å². The second kappa shape index (κ2) is 6.86. The molecule has 0 spiro atoms. The Balaban J connectivity index is 1.96. The number of hydrogen-bond acceptors (Lipinski definition) is 3. The van der Waals surface area contributed by atoms with Crippen molar-refractivity contribution < 1.29 is 4.79 Å². The largest absolute Gasteiger partial charge is 0.330 e. The average Bonchev–Trinajstić information content (AvgIpc) is 2.49. The summed E-state index contributed by atoms with van der Waals surface area (Å²) in [5.41, 5.74) is 6.71. The first-order chi connectivity index (χ1) is 9.61. The summed E-state index contributed by atoms with van der Waals surface area (Å²) in [5, 5.41) is 0. The Morgan fingerprint density at radius 1 is 1.35 bits per heavy atom. The van der Waals surface area contributed by atoms with Crippen LogP contribution in [-0.2, 0) is 4.79 Å². The van der Waals surface area contributed by atoms with Gasteiger partial charge in [0.25, 0.3) is 0 Å². The van der Waals surface area contributed by atoms with Crippen LogP contribution in [0.2, 0.25) is 0 Å². The number of anilines is 1. The van der Waals surface area contributed by atoms with Crippen LogP contribution in [0.5, 0.6) is 0 Å². The van der Waals surface area contributed by atoms with Crippen molar-refractivity contribution in [2.45, 2.75) is 25.8 Å². The summed E-state index contributed by atoms with van der Waals surface area (Å²) < 4.78 is 0. The van der Waals surface area contributed by atoms with Gasteiger partial charge in [-0.2, -0.15) is 0 Å². The number of nitrogens with two attached hydrogens (primary N) is 1. The summed E-state index contributed by atoms with van der Waals surface area (Å²) >= 11 is 0. The molecule has 0 saturated carbocycles. The molecule has 0 radical (unpaired) electrons. The highest BCUT2D eigenvalue weighted by molar-refractivity contribution is 5.94. The monoisotopic (exact) mass is 275 g/mol. The summed E-state index contributed by atoms with van der Waals surface area (Å²) in [7, 11) is 1.84. The van der Waals surface area contributed by atoms with Crippen LogP contribution < -0.4 is 10.6 Å². The van der Waals surface area contributed by atoms with E-state index in [1.807, 2.05) is 37.4 Å². The van der Waals surface area contributed by atoms with Gasteiger partial charge in [-0.05, 0) is 44.4 Å². The second-order valence-corrected chi connectivity index (χ2v) is 5.75. The first kappa shape index (κ1) is 15.0. The lowest BCUT2D eigenvalue weighted by molar-refractivity contribution is -0.120. The van der Waals surface area contributed by atoms with E-state index >= 15 is 0 Å². The van der Waals surface area contributed by atoms with E-state index in [1.165, 1.54) is 6.42 Å². The number of piperidine rings is 1. The third-order valence-electron chi connectivity index (χ3n) is 4.30. The third kappa shape index (κ3) is 3.58. The maximum atomic E-state index is 12.4. The molecule has 1 heterocycles. The van der Waals surface area contributed by atoms with Gasteiger partial charge >= 0.3 is 0 Å². The van der Waals surface area contributed by atoms with E-state index < -0.39 is 0 Å². The zero-order valence-corrected chi connectivity index (χ0v) is 12.5. The van der Waals surface area contributed by atoms with Crippen molar-refractivity contribution in [3.05, 3.63) is 30.3 Å². The lowest BCUT2D eigenvalue weighted by atomic mass is 9.93. The van der Waals surface area contributed by atoms with Gasteiger partial charge in [-0.1, -0.05) is 18.2 Å². The fraction of sp³-hybridized carbons (Fsp3) is 0.562. The number of rotatable bonds is 4. The molecule has 1 saturated heterocycles. The highest BCUT2D eigenvalue weighted by Crippen LogP contribution is 2.21. The van der Waals surface area contributed by atoms with Gasteiger partial charge in [-0.3, -0.25) is 9.69 Å². The third-order valence-corrected chi connectivity index (χ3v) is 4.30. The number of hydrogen-bond donors (Lipinski definition) is 1. The van der Waals surface area contributed by atoms with Gasteiger partial charge in [0, 0.05) is 25.3 Å². The quantitative estimate of drug-likeness (QED) is 0.910. The van der Waals surface area contributed by atoms with Crippen molar-refractivity contribution in [3.8, 4) is 0 Å². The minimum absolute atomic E-state index is 0.140. The number of likely N-dealkylation sites (tertiary alicyclic amines) is 1. The fourth-order valence-electron chi connectivity index (χ4n) is 2.75. The molecule has 110 valence electrons. The molecule has 2 N–H and O–H groups in total. The standard InChI is InChI=1S/C16H25N3O/c1-13-8-9-14(10-17)11-19(13)12-16(20)18(2)15-6-4-3-5-7-15/h3-7,13-14H,8-12,17H2,1-2H3. The highest BCUT2D eigenvalue weighted by Gasteiger charge is 2.27. The summed E-state index contributed by atoms with van der Waals surface area (Å²) in [5.74, 6) is 0.668. The maximum Gasteiger partial charge on any atom is 0.240 e. The molecule has 0 bridgehead atoms. The second-order valence-electron chi connectivity index (χ2n) is 5.75. The lowest BCUT2D eigenvalue weighted by Gasteiger charge is -2.37. The average molecular weight is 275 g/mol. The molecule has 2 unspecified atom stereocenters. The van der Waals surface area contributed by atoms with E-state index in [1.54, 1.807) is 4.90 Å². The van der Waals surface area contributed by atoms with Crippen LogP contribution in [0.3, 0.4) is 0 Å². The molecule has 1 aliphatic heterocycles. The van der Waals surface area contributed by atoms with Crippen molar-refractivity contribution in [2.75, 3.05) is 31.6 Å². The summed E-state index contributed by atoms with van der Waals surface area (Å²) in [4.78, 5) is 16.4. The Hall–Kier alpha value is -1.39. The van der Waals surface area contributed by atoms with Crippen molar-refractivity contribution in [2.24, 2.45) is 11.7 Å². The van der Waals surface area contributed by atoms with Gasteiger partial charge < -0.3 is 10.6 Å². The topological polar surface area (TPSA) is 49.6 Å². The molecule has 4 nitrogen and oxygen atoms in total. The van der Waals surface area contributed by atoms with Crippen molar-refractivity contribution in [3.63, 3.8) is 0 Å². The maximum absolute atomic E-state index is 12.4. The Morgan fingerprint density at radius 3 is 2.70 bits per heavy atom. The molecule has 1 fully saturated rings. The number of benzene rings is 1. The van der Waals surface area contributed by atoms with Gasteiger partial charge in [0.15, 0.2) is 0 Å². The summed E-state index contributed by atoms with van der Waals surface area (Å²) in [6.45, 7) is 4.32. The number of carbonyl (C=O) groups is 1. The van der Waals surface area contributed by atoms with Gasteiger partial charge in [-0.15, -0.1) is 0 Å². The number of para-hydroxylation sites is 1. The Morgan fingerprint density at radius 2 is 2.05 bits per heavy atom. The molecule has 2 atom stereocenters. The molecule has 4 heteroatoms. The number of likely N-dealkylation sites (N-methyl/N-ethyl adjacent to an activating group) is 1. The normalized spacial score (nSPS) is 23.6. The lowest BCUT2D eigenvalue weighted by Crippen LogP contribution is -2.48. The smallest absolute Gasteiger partial charge is 0.240 e. The van der Waals surface area contributed by atoms with E-state index in [2.05, 4.69) is 11.8 Å². The SMILES string of the molecule is CC1CCC(CN)CN1CC(=O)N(C)c1ccccc1. The predicted molar refractivity (Wildman–Crippen MR) is 82.7 cm³/mol. The van der Waals surface area contributed by atoms with E-state index in [-0.39, 0.29) is 5.91 Å². The molecular weight excluding hydrogens is 250 g/mol. The zero-order chi connectivity index (χ0) is 14.5. The van der Waals surface area contributed by atoms with Crippen LogP contribution in [-0.4, -0.2) is 43.5 Å². The van der Waals surface area contributed by atoms with Crippen LogP contribution in [0.25, 0.3) is 0 Å². The van der Waals surface area contributed by atoms with E-state index in [4.69, 9.17) is 5.73 Å². The molecule has 20 heavy (non-hydrogen) atoms. The van der Waals surface area contributed by atoms with Gasteiger partial charge in [0.1, 0.15) is 0 Å². The highest BCUT2D eigenvalue weighted by atomic mass is 16.2. The summed E-state index contributed by atoms with van der Waals surface area (Å²) in [6.07, 6.45) is 2.31. The van der Waals surface area contributed by atoms with Crippen LogP contribution in [0.1, 0.15) is 19.8 Å². The molecule has 0 aromatic heterocycles. The molecule has 2 rings (SSSR count).